The first-order chi connectivity index (χ1) is 8.17. The SMILES string of the molecule is NC[C@@H](N)C(=O)N[C@@H](C=O)Cc1ccccc1. The topological polar surface area (TPSA) is 98.2 Å². The molecule has 2 atom stereocenters. The Morgan fingerprint density at radius 2 is 2.00 bits per heavy atom. The molecule has 0 heterocycles. The van der Waals surface area contributed by atoms with E-state index < -0.39 is 18.0 Å². The number of nitrogens with one attached hydrogen (secondary N) is 1. The monoisotopic (exact) mass is 235 g/mol. The van der Waals surface area contributed by atoms with Gasteiger partial charge in [-0.15, -0.1) is 0 Å². The van der Waals surface area contributed by atoms with Crippen molar-refractivity contribution in [2.75, 3.05) is 6.54 Å². The molecule has 92 valence electrons. The molecule has 0 aliphatic rings. The molecule has 5 N–H and O–H groups in total. The second-order valence-electron chi connectivity index (χ2n) is 3.78. The predicted octanol–water partition coefficient (Wildman–Crippen LogP) is -0.801. The van der Waals surface area contributed by atoms with E-state index in [9.17, 15) is 9.59 Å². The molecule has 0 saturated carbocycles. The van der Waals surface area contributed by atoms with Gasteiger partial charge in [-0.1, -0.05) is 30.3 Å². The Hall–Kier alpha value is -1.72. The zero-order valence-electron chi connectivity index (χ0n) is 9.50. The highest BCUT2D eigenvalue weighted by atomic mass is 16.2. The van der Waals surface area contributed by atoms with Gasteiger partial charge in [0.25, 0.3) is 0 Å². The van der Waals surface area contributed by atoms with Crippen LogP contribution < -0.4 is 16.8 Å². The molecule has 0 bridgehead atoms. The first-order valence-corrected chi connectivity index (χ1v) is 5.42. The summed E-state index contributed by atoms with van der Waals surface area (Å²) in [4.78, 5) is 22.3. The molecule has 0 saturated heterocycles. The van der Waals surface area contributed by atoms with Crippen molar-refractivity contribution in [1.29, 1.82) is 0 Å². The van der Waals surface area contributed by atoms with Gasteiger partial charge in [-0.2, -0.15) is 0 Å². The van der Waals surface area contributed by atoms with E-state index in [1.165, 1.54) is 0 Å². The third kappa shape index (κ3) is 4.34. The van der Waals surface area contributed by atoms with Gasteiger partial charge in [-0.3, -0.25) is 4.79 Å². The van der Waals surface area contributed by atoms with E-state index in [0.717, 1.165) is 5.56 Å². The van der Waals surface area contributed by atoms with Crippen LogP contribution in [-0.2, 0) is 16.0 Å². The summed E-state index contributed by atoms with van der Waals surface area (Å²) in [6.45, 7) is 0.0583. The quantitative estimate of drug-likeness (QED) is 0.562. The average Bonchev–Trinajstić information content (AvgIpc) is 2.38. The number of carbonyl (C=O) groups is 2. The number of benzene rings is 1. The first-order valence-electron chi connectivity index (χ1n) is 5.42. The Labute approximate surface area is 100 Å². The largest absolute Gasteiger partial charge is 0.345 e. The number of rotatable bonds is 6. The van der Waals surface area contributed by atoms with Crippen LogP contribution in [0.3, 0.4) is 0 Å². The van der Waals surface area contributed by atoms with Gasteiger partial charge in [-0.25, -0.2) is 0 Å². The number of carbonyl (C=O) groups excluding carboxylic acids is 2. The minimum Gasteiger partial charge on any atom is -0.345 e. The van der Waals surface area contributed by atoms with Crippen molar-refractivity contribution in [3.05, 3.63) is 35.9 Å². The van der Waals surface area contributed by atoms with Crippen molar-refractivity contribution in [2.45, 2.75) is 18.5 Å². The van der Waals surface area contributed by atoms with E-state index in [1.807, 2.05) is 30.3 Å². The fourth-order valence-corrected chi connectivity index (χ4v) is 1.40. The van der Waals surface area contributed by atoms with Crippen LogP contribution in [0.4, 0.5) is 0 Å². The maximum Gasteiger partial charge on any atom is 0.238 e. The Kier molecular flexibility index (Phi) is 5.32. The van der Waals surface area contributed by atoms with E-state index in [4.69, 9.17) is 11.5 Å². The van der Waals surface area contributed by atoms with Gasteiger partial charge < -0.3 is 21.6 Å². The highest BCUT2D eigenvalue weighted by Crippen LogP contribution is 2.01. The summed E-state index contributed by atoms with van der Waals surface area (Å²) in [5, 5.41) is 2.55. The number of aldehydes is 1. The Balaban J connectivity index is 2.55. The van der Waals surface area contributed by atoms with E-state index in [2.05, 4.69) is 5.32 Å². The maximum absolute atomic E-state index is 11.5. The van der Waals surface area contributed by atoms with E-state index in [-0.39, 0.29) is 6.54 Å². The molecule has 5 nitrogen and oxygen atoms in total. The van der Waals surface area contributed by atoms with Gasteiger partial charge in [0.05, 0.1) is 12.1 Å². The Morgan fingerprint density at radius 3 is 2.53 bits per heavy atom. The van der Waals surface area contributed by atoms with Crippen LogP contribution in [0.5, 0.6) is 0 Å². The summed E-state index contributed by atoms with van der Waals surface area (Å²) < 4.78 is 0. The molecular formula is C12H17N3O2. The molecule has 0 aliphatic heterocycles. The van der Waals surface area contributed by atoms with Gasteiger partial charge >= 0.3 is 0 Å². The van der Waals surface area contributed by atoms with Crippen LogP contribution in [0.15, 0.2) is 30.3 Å². The molecular weight excluding hydrogens is 218 g/mol. The molecule has 0 unspecified atom stereocenters. The van der Waals surface area contributed by atoms with Gasteiger partial charge in [0.1, 0.15) is 6.29 Å². The molecule has 1 rings (SSSR count). The molecule has 0 aromatic heterocycles. The third-order valence-corrected chi connectivity index (χ3v) is 2.38. The van der Waals surface area contributed by atoms with Crippen molar-refractivity contribution in [3.63, 3.8) is 0 Å². The molecule has 0 fully saturated rings. The smallest absolute Gasteiger partial charge is 0.238 e. The summed E-state index contributed by atoms with van der Waals surface area (Å²) in [5.41, 5.74) is 11.7. The average molecular weight is 235 g/mol. The van der Waals surface area contributed by atoms with Crippen LogP contribution in [0.1, 0.15) is 5.56 Å². The highest BCUT2D eigenvalue weighted by Gasteiger charge is 2.16. The molecule has 0 aliphatic carbocycles. The second-order valence-corrected chi connectivity index (χ2v) is 3.78. The lowest BCUT2D eigenvalue weighted by molar-refractivity contribution is -0.124. The van der Waals surface area contributed by atoms with Gasteiger partial charge in [0, 0.05) is 6.54 Å². The van der Waals surface area contributed by atoms with Crippen LogP contribution in [-0.4, -0.2) is 30.8 Å². The summed E-state index contributed by atoms with van der Waals surface area (Å²) in [7, 11) is 0. The zero-order chi connectivity index (χ0) is 12.7. The standard InChI is InChI=1S/C12H17N3O2/c13-7-11(14)12(17)15-10(8-16)6-9-4-2-1-3-5-9/h1-5,8,10-11H,6-7,13-14H2,(H,15,17)/t10-,11-/m1/s1. The lowest BCUT2D eigenvalue weighted by Crippen LogP contribution is -2.49. The summed E-state index contributed by atoms with van der Waals surface area (Å²) >= 11 is 0. The lowest BCUT2D eigenvalue weighted by atomic mass is 10.1. The van der Waals surface area contributed by atoms with Crippen molar-refractivity contribution in [3.8, 4) is 0 Å². The summed E-state index contributed by atoms with van der Waals surface area (Å²) in [6.07, 6.45) is 1.15. The van der Waals surface area contributed by atoms with E-state index >= 15 is 0 Å². The fraction of sp³-hybridized carbons (Fsp3) is 0.333. The Bertz CT molecular complexity index is 367. The summed E-state index contributed by atoms with van der Waals surface area (Å²) in [6, 6.07) is 8.10. The number of nitrogens with two attached hydrogens (primary N) is 2. The third-order valence-electron chi connectivity index (χ3n) is 2.38. The molecule has 1 amide bonds. The van der Waals surface area contributed by atoms with Crippen LogP contribution >= 0.6 is 0 Å². The molecule has 0 radical (unpaired) electrons. The van der Waals surface area contributed by atoms with Crippen LogP contribution in [0, 0.1) is 0 Å². The molecule has 1 aromatic carbocycles. The van der Waals surface area contributed by atoms with E-state index in [1.54, 1.807) is 0 Å². The van der Waals surface area contributed by atoms with Crippen molar-refractivity contribution in [2.24, 2.45) is 11.5 Å². The second kappa shape index (κ2) is 6.78. The summed E-state index contributed by atoms with van der Waals surface area (Å²) in [5.74, 6) is -0.402. The van der Waals surface area contributed by atoms with Gasteiger partial charge in [0.2, 0.25) is 5.91 Å². The molecule has 5 heteroatoms. The van der Waals surface area contributed by atoms with Crippen molar-refractivity contribution >= 4 is 12.2 Å². The lowest BCUT2D eigenvalue weighted by Gasteiger charge is -2.15. The minimum atomic E-state index is -0.770. The number of hydrogen-bond acceptors (Lipinski definition) is 4. The predicted molar refractivity (Wildman–Crippen MR) is 65.2 cm³/mol. The fourth-order valence-electron chi connectivity index (χ4n) is 1.40. The Morgan fingerprint density at radius 1 is 1.35 bits per heavy atom. The minimum absolute atomic E-state index is 0.0583. The van der Waals surface area contributed by atoms with Gasteiger partial charge in [0.15, 0.2) is 0 Å². The normalized spacial score (nSPS) is 13.8. The highest BCUT2D eigenvalue weighted by molar-refractivity contribution is 5.84. The number of hydrogen-bond donors (Lipinski definition) is 3. The van der Waals surface area contributed by atoms with Crippen molar-refractivity contribution < 1.29 is 9.59 Å². The molecule has 0 spiro atoms. The van der Waals surface area contributed by atoms with Crippen LogP contribution in [0.2, 0.25) is 0 Å². The number of amides is 1. The van der Waals surface area contributed by atoms with Crippen LogP contribution in [0.25, 0.3) is 0 Å². The van der Waals surface area contributed by atoms with Crippen molar-refractivity contribution in [1.82, 2.24) is 5.32 Å². The van der Waals surface area contributed by atoms with Gasteiger partial charge in [-0.05, 0) is 12.0 Å². The molecule has 17 heavy (non-hydrogen) atoms. The maximum atomic E-state index is 11.5. The zero-order valence-corrected chi connectivity index (χ0v) is 9.50. The first kappa shape index (κ1) is 13.3. The molecule has 1 aromatic rings. The van der Waals surface area contributed by atoms with E-state index in [0.29, 0.717) is 12.7 Å².